The SMILES string of the molecule is COc1ccc2c(ncc3nc(C)n(Cc4ccc(S(N)(=O)=O)cn4)c32)n1. The predicted molar refractivity (Wildman–Crippen MR) is 98.8 cm³/mol. The van der Waals surface area contributed by atoms with Crippen molar-refractivity contribution in [3.8, 4) is 5.88 Å². The molecular weight excluding hydrogens is 368 g/mol. The summed E-state index contributed by atoms with van der Waals surface area (Å²) in [6.07, 6.45) is 2.93. The van der Waals surface area contributed by atoms with E-state index in [2.05, 4.69) is 19.9 Å². The van der Waals surface area contributed by atoms with Crippen LogP contribution in [0.4, 0.5) is 0 Å². The molecule has 0 unspecified atom stereocenters. The highest BCUT2D eigenvalue weighted by Gasteiger charge is 2.15. The Kier molecular flexibility index (Phi) is 4.01. The number of methoxy groups -OCH3 is 1. The summed E-state index contributed by atoms with van der Waals surface area (Å²) in [5.74, 6) is 1.27. The van der Waals surface area contributed by atoms with Gasteiger partial charge in [0.25, 0.3) is 0 Å². The quantitative estimate of drug-likeness (QED) is 0.563. The molecule has 0 saturated carbocycles. The molecule has 2 N–H and O–H groups in total. The molecule has 27 heavy (non-hydrogen) atoms. The first kappa shape index (κ1) is 17.3. The molecule has 0 spiro atoms. The molecule has 0 aromatic carbocycles. The number of ether oxygens (including phenoxy) is 1. The molecule has 0 aliphatic heterocycles. The summed E-state index contributed by atoms with van der Waals surface area (Å²) in [6.45, 7) is 2.31. The van der Waals surface area contributed by atoms with Gasteiger partial charge in [-0.3, -0.25) is 4.98 Å². The number of primary sulfonamides is 1. The molecule has 4 heterocycles. The molecule has 0 aliphatic carbocycles. The zero-order valence-electron chi connectivity index (χ0n) is 14.6. The summed E-state index contributed by atoms with van der Waals surface area (Å²) >= 11 is 0. The van der Waals surface area contributed by atoms with E-state index in [4.69, 9.17) is 9.88 Å². The number of hydrogen-bond acceptors (Lipinski definition) is 7. The van der Waals surface area contributed by atoms with Crippen molar-refractivity contribution in [3.05, 3.63) is 48.2 Å². The lowest BCUT2D eigenvalue weighted by atomic mass is 10.2. The lowest BCUT2D eigenvalue weighted by Gasteiger charge is -2.09. The predicted octanol–water partition coefficient (Wildman–Crippen LogP) is 1.39. The van der Waals surface area contributed by atoms with Gasteiger partial charge in [-0.15, -0.1) is 0 Å². The molecular formula is C17H16N6O3S. The number of fused-ring (bicyclic) bond motifs is 3. The largest absolute Gasteiger partial charge is 0.481 e. The minimum atomic E-state index is -3.77. The van der Waals surface area contributed by atoms with E-state index in [9.17, 15) is 8.42 Å². The van der Waals surface area contributed by atoms with Gasteiger partial charge in [0.2, 0.25) is 15.9 Å². The van der Waals surface area contributed by atoms with Crippen LogP contribution in [0.5, 0.6) is 5.88 Å². The Labute approximate surface area is 154 Å². The van der Waals surface area contributed by atoms with Gasteiger partial charge >= 0.3 is 0 Å². The molecule has 10 heteroatoms. The summed E-state index contributed by atoms with van der Waals surface area (Å²) in [5, 5.41) is 5.96. The number of hydrogen-bond donors (Lipinski definition) is 1. The van der Waals surface area contributed by atoms with Gasteiger partial charge in [0, 0.05) is 17.6 Å². The molecule has 0 radical (unpaired) electrons. The van der Waals surface area contributed by atoms with Gasteiger partial charge < -0.3 is 9.30 Å². The van der Waals surface area contributed by atoms with Gasteiger partial charge in [-0.05, 0) is 25.1 Å². The monoisotopic (exact) mass is 384 g/mol. The molecule has 0 aliphatic rings. The lowest BCUT2D eigenvalue weighted by molar-refractivity contribution is 0.399. The van der Waals surface area contributed by atoms with Crippen LogP contribution in [0.25, 0.3) is 22.1 Å². The van der Waals surface area contributed by atoms with Crippen molar-refractivity contribution in [1.82, 2.24) is 24.5 Å². The first-order valence-electron chi connectivity index (χ1n) is 8.01. The van der Waals surface area contributed by atoms with E-state index in [1.54, 1.807) is 25.4 Å². The Morgan fingerprint density at radius 2 is 1.93 bits per heavy atom. The van der Waals surface area contributed by atoms with Crippen molar-refractivity contribution in [2.75, 3.05) is 7.11 Å². The third kappa shape index (κ3) is 3.09. The number of pyridine rings is 3. The number of aryl methyl sites for hydroxylation is 1. The van der Waals surface area contributed by atoms with Crippen LogP contribution in [0.2, 0.25) is 0 Å². The molecule has 9 nitrogen and oxygen atoms in total. The van der Waals surface area contributed by atoms with E-state index in [0.717, 1.165) is 22.2 Å². The van der Waals surface area contributed by atoms with E-state index >= 15 is 0 Å². The summed E-state index contributed by atoms with van der Waals surface area (Å²) in [7, 11) is -2.22. The van der Waals surface area contributed by atoms with Crippen LogP contribution < -0.4 is 9.88 Å². The van der Waals surface area contributed by atoms with Gasteiger partial charge in [-0.1, -0.05) is 0 Å². The van der Waals surface area contributed by atoms with Gasteiger partial charge in [0.15, 0.2) is 5.65 Å². The van der Waals surface area contributed by atoms with Crippen molar-refractivity contribution in [3.63, 3.8) is 0 Å². The summed E-state index contributed by atoms with van der Waals surface area (Å²) in [4.78, 5) is 17.5. The minimum Gasteiger partial charge on any atom is -0.481 e. The molecule has 0 atom stereocenters. The molecule has 0 bridgehead atoms. The smallest absolute Gasteiger partial charge is 0.239 e. The topological polar surface area (TPSA) is 126 Å². The zero-order valence-corrected chi connectivity index (χ0v) is 15.4. The Balaban J connectivity index is 1.83. The van der Waals surface area contributed by atoms with Crippen molar-refractivity contribution in [2.45, 2.75) is 18.4 Å². The van der Waals surface area contributed by atoms with Crippen LogP contribution in [-0.2, 0) is 16.6 Å². The first-order valence-corrected chi connectivity index (χ1v) is 9.56. The third-order valence-corrected chi connectivity index (χ3v) is 5.15. The molecule has 0 saturated heterocycles. The van der Waals surface area contributed by atoms with Gasteiger partial charge in [0.05, 0.1) is 31.1 Å². The lowest BCUT2D eigenvalue weighted by Crippen LogP contribution is -2.13. The van der Waals surface area contributed by atoms with E-state index in [-0.39, 0.29) is 4.90 Å². The molecule has 4 rings (SSSR count). The molecule has 138 valence electrons. The Morgan fingerprint density at radius 3 is 2.59 bits per heavy atom. The van der Waals surface area contributed by atoms with Crippen LogP contribution in [0.1, 0.15) is 11.5 Å². The fourth-order valence-corrected chi connectivity index (χ4v) is 3.40. The number of sulfonamides is 1. The van der Waals surface area contributed by atoms with E-state index in [1.165, 1.54) is 12.3 Å². The van der Waals surface area contributed by atoms with E-state index in [1.807, 2.05) is 17.6 Å². The normalized spacial score (nSPS) is 12.0. The molecule has 4 aromatic heterocycles. The maximum Gasteiger partial charge on any atom is 0.239 e. The van der Waals surface area contributed by atoms with Crippen LogP contribution in [0, 0.1) is 6.92 Å². The fourth-order valence-electron chi connectivity index (χ4n) is 2.94. The highest BCUT2D eigenvalue weighted by Crippen LogP contribution is 2.26. The Morgan fingerprint density at radius 1 is 1.11 bits per heavy atom. The van der Waals surface area contributed by atoms with Crippen LogP contribution in [0.15, 0.2) is 41.6 Å². The number of aromatic nitrogens is 5. The third-order valence-electron chi connectivity index (χ3n) is 4.25. The van der Waals surface area contributed by atoms with Crippen LogP contribution >= 0.6 is 0 Å². The highest BCUT2D eigenvalue weighted by atomic mass is 32.2. The maximum atomic E-state index is 11.4. The first-order chi connectivity index (χ1) is 12.9. The van der Waals surface area contributed by atoms with Crippen LogP contribution in [-0.4, -0.2) is 40.0 Å². The van der Waals surface area contributed by atoms with Gasteiger partial charge in [-0.2, -0.15) is 4.98 Å². The van der Waals surface area contributed by atoms with Gasteiger partial charge in [-0.25, -0.2) is 23.5 Å². The molecule has 0 fully saturated rings. The average molecular weight is 384 g/mol. The van der Waals surface area contributed by atoms with Crippen molar-refractivity contribution >= 4 is 32.1 Å². The highest BCUT2D eigenvalue weighted by molar-refractivity contribution is 7.89. The number of nitrogens with two attached hydrogens (primary N) is 1. The average Bonchev–Trinajstić information content (AvgIpc) is 2.96. The summed E-state index contributed by atoms with van der Waals surface area (Å²) < 4.78 is 29.9. The molecule has 0 amide bonds. The summed E-state index contributed by atoms with van der Waals surface area (Å²) in [6, 6.07) is 6.74. The Hall–Kier alpha value is -3.11. The Bertz CT molecular complexity index is 1270. The second-order valence-electron chi connectivity index (χ2n) is 5.99. The fraction of sp³-hybridized carbons (Fsp3) is 0.176. The van der Waals surface area contributed by atoms with Crippen molar-refractivity contribution in [2.24, 2.45) is 5.14 Å². The van der Waals surface area contributed by atoms with Gasteiger partial charge in [0.1, 0.15) is 16.2 Å². The molecule has 4 aromatic rings. The van der Waals surface area contributed by atoms with Crippen LogP contribution in [0.3, 0.4) is 0 Å². The number of nitrogens with zero attached hydrogens (tertiary/aromatic N) is 5. The maximum absolute atomic E-state index is 11.4. The standard InChI is InChI=1S/C17H16N6O3S/c1-10-21-14-8-20-17-13(5-6-15(22-17)26-2)16(14)23(10)9-11-3-4-12(7-19-11)27(18,24)25/h3-8H,9H2,1-2H3,(H2,18,24,25). The van der Waals surface area contributed by atoms with Crippen molar-refractivity contribution in [1.29, 1.82) is 0 Å². The second-order valence-corrected chi connectivity index (χ2v) is 7.55. The minimum absolute atomic E-state index is 0.0237. The number of rotatable bonds is 4. The number of imidazole rings is 1. The zero-order chi connectivity index (χ0) is 19.2. The van der Waals surface area contributed by atoms with Crippen molar-refractivity contribution < 1.29 is 13.2 Å². The van der Waals surface area contributed by atoms with E-state index < -0.39 is 10.0 Å². The summed E-state index contributed by atoms with van der Waals surface area (Å²) in [5.41, 5.74) is 2.86. The van der Waals surface area contributed by atoms with E-state index in [0.29, 0.717) is 23.8 Å². The second kappa shape index (κ2) is 6.25.